The van der Waals surface area contributed by atoms with Gasteiger partial charge >= 0.3 is 0 Å². The van der Waals surface area contributed by atoms with E-state index in [0.29, 0.717) is 12.8 Å². The van der Waals surface area contributed by atoms with E-state index < -0.39 is 124 Å². The minimum atomic E-state index is -1.98. The van der Waals surface area contributed by atoms with Crippen LogP contribution in [0.2, 0.25) is 0 Å². The number of carbonyl (C=O) groups excluding carboxylic acids is 1. The third kappa shape index (κ3) is 43.7. The Bertz CT molecular complexity index is 2190. The third-order valence-corrected chi connectivity index (χ3v) is 20.2. The van der Waals surface area contributed by atoms with E-state index in [0.717, 1.165) is 70.6 Å². The number of hydrogen-bond donors (Lipinski definition) is 12. The van der Waals surface area contributed by atoms with Crippen LogP contribution < -0.4 is 5.32 Å². The summed E-state index contributed by atoms with van der Waals surface area (Å²) in [6, 6.07) is -0.994. The summed E-state index contributed by atoms with van der Waals surface area (Å²) in [4.78, 5) is 13.5. The number of carbonyl (C=O) groups is 1. The Labute approximate surface area is 622 Å². The molecular formula is C84H149NO18. The first-order valence-electron chi connectivity index (χ1n) is 41.3. The van der Waals surface area contributed by atoms with Gasteiger partial charge in [-0.1, -0.05) is 311 Å². The number of amides is 1. The van der Waals surface area contributed by atoms with Crippen molar-refractivity contribution in [3.05, 3.63) is 85.1 Å². The molecule has 0 saturated carbocycles. The van der Waals surface area contributed by atoms with E-state index in [2.05, 4.69) is 92.1 Å². The summed E-state index contributed by atoms with van der Waals surface area (Å²) in [6.45, 7) is 1.64. The zero-order chi connectivity index (χ0) is 74.6. The SMILES string of the molecule is CC/C=C\C/C=C\C/C=C\C/C=C\C/C=C\CCCCCCCCCCCCCCCCCCCCCC(=O)NC(COC1OC(CO)C(OC2OC(CO)C(OC3OC(CO)C(O)C(O)C3O)C(O)C2O)C(O)C1O)C(O)/C=C/CC/C=C/CCCCCCCCCCCCCCCCCCC. The Morgan fingerprint density at radius 3 is 1.09 bits per heavy atom. The van der Waals surface area contributed by atoms with Gasteiger partial charge in [0.15, 0.2) is 18.9 Å². The first-order valence-corrected chi connectivity index (χ1v) is 41.3. The molecule has 3 rings (SSSR count). The van der Waals surface area contributed by atoms with Gasteiger partial charge in [0, 0.05) is 6.42 Å². The predicted molar refractivity (Wildman–Crippen MR) is 411 cm³/mol. The van der Waals surface area contributed by atoms with Crippen molar-refractivity contribution in [2.75, 3.05) is 26.4 Å². The lowest BCUT2D eigenvalue weighted by atomic mass is 9.96. The highest BCUT2D eigenvalue weighted by atomic mass is 16.8. The first kappa shape index (κ1) is 94.2. The van der Waals surface area contributed by atoms with E-state index in [1.54, 1.807) is 6.08 Å². The molecule has 3 aliphatic heterocycles. The van der Waals surface area contributed by atoms with Crippen LogP contribution >= 0.6 is 0 Å². The van der Waals surface area contributed by atoms with Crippen molar-refractivity contribution < 1.29 is 89.4 Å². The number of allylic oxidation sites excluding steroid dienone is 13. The Morgan fingerprint density at radius 1 is 0.359 bits per heavy atom. The second-order valence-corrected chi connectivity index (χ2v) is 29.2. The standard InChI is InChI=1S/C84H149NO18/c1-3-5-7-9-11-13-15-17-19-21-23-25-27-28-29-30-31-32-33-34-35-36-37-38-40-42-44-46-48-50-52-54-56-58-60-62-72(90)85-67(68(89)61-59-57-55-53-51-49-47-45-43-41-39-26-24-22-20-18-16-14-12-10-8-6-4-2)66-98-82-78(96)75(93)80(70(64-87)100-82)103-84-79(97)76(94)81(71(65-88)101-84)102-83-77(95)74(92)73(91)69(63-86)99-83/h5,7,11,13,17,19,23,25,28-29,51,53,59,61,67-71,73-84,86-89,91-97H,3-4,6,8-10,12,14-16,18,20-22,24,26-27,30-50,52,54-58,60,62-66H2,1-2H3,(H,85,90)/b7-5-,13-11-,19-17-,25-23-,29-28-,53-51+,61-59+. The van der Waals surface area contributed by atoms with E-state index >= 15 is 0 Å². The molecule has 3 aliphatic rings. The van der Waals surface area contributed by atoms with Crippen molar-refractivity contribution in [3.8, 4) is 0 Å². The average Bonchev–Trinajstić information content (AvgIpc) is 0.781. The van der Waals surface area contributed by atoms with E-state index in [-0.39, 0.29) is 18.9 Å². The number of unbranched alkanes of at least 4 members (excludes halogenated alkanes) is 37. The van der Waals surface area contributed by atoms with Crippen molar-refractivity contribution in [1.82, 2.24) is 5.32 Å². The maximum absolute atomic E-state index is 13.5. The quantitative estimate of drug-likeness (QED) is 0.0199. The zero-order valence-electron chi connectivity index (χ0n) is 64.0. The third-order valence-electron chi connectivity index (χ3n) is 20.2. The van der Waals surface area contributed by atoms with Gasteiger partial charge in [-0.25, -0.2) is 0 Å². The van der Waals surface area contributed by atoms with Crippen LogP contribution in [0.3, 0.4) is 0 Å². The molecule has 19 heteroatoms. The molecule has 0 aromatic rings. The smallest absolute Gasteiger partial charge is 0.220 e. The summed E-state index contributed by atoms with van der Waals surface area (Å²) < 4.78 is 34.4. The van der Waals surface area contributed by atoms with E-state index in [1.165, 1.54) is 205 Å². The largest absolute Gasteiger partial charge is 0.394 e. The van der Waals surface area contributed by atoms with Gasteiger partial charge in [0.25, 0.3) is 0 Å². The van der Waals surface area contributed by atoms with Gasteiger partial charge in [0.1, 0.15) is 73.2 Å². The van der Waals surface area contributed by atoms with Gasteiger partial charge in [0.05, 0.1) is 38.6 Å². The highest BCUT2D eigenvalue weighted by molar-refractivity contribution is 5.76. The molecule has 3 saturated heterocycles. The van der Waals surface area contributed by atoms with Gasteiger partial charge < -0.3 is 89.9 Å². The molecule has 0 aromatic carbocycles. The molecule has 0 aliphatic carbocycles. The van der Waals surface area contributed by atoms with Gasteiger partial charge in [0.2, 0.25) is 5.91 Å². The van der Waals surface area contributed by atoms with Crippen LogP contribution in [0.15, 0.2) is 85.1 Å². The topological polar surface area (TPSA) is 307 Å². The Hall–Kier alpha value is -3.03. The van der Waals surface area contributed by atoms with Crippen LogP contribution in [0, 0.1) is 0 Å². The lowest BCUT2D eigenvalue weighted by molar-refractivity contribution is -0.379. The minimum absolute atomic E-state index is 0.235. The monoisotopic (exact) mass is 1460 g/mol. The normalized spacial score (nSPS) is 26.5. The summed E-state index contributed by atoms with van der Waals surface area (Å²) in [6.07, 6.45) is 58.6. The molecule has 17 unspecified atom stereocenters. The lowest BCUT2D eigenvalue weighted by Gasteiger charge is -2.48. The van der Waals surface area contributed by atoms with Gasteiger partial charge in [-0.2, -0.15) is 0 Å². The van der Waals surface area contributed by atoms with Crippen LogP contribution in [0.25, 0.3) is 0 Å². The molecule has 3 fully saturated rings. The molecule has 12 N–H and O–H groups in total. The fourth-order valence-corrected chi connectivity index (χ4v) is 13.6. The van der Waals surface area contributed by atoms with Crippen molar-refractivity contribution in [2.24, 2.45) is 0 Å². The van der Waals surface area contributed by atoms with Crippen LogP contribution in [-0.2, 0) is 33.2 Å². The van der Waals surface area contributed by atoms with E-state index in [1.807, 2.05) is 6.08 Å². The van der Waals surface area contributed by atoms with E-state index in [9.17, 15) is 61.0 Å². The molecule has 17 atom stereocenters. The van der Waals surface area contributed by atoms with Crippen LogP contribution in [0.1, 0.15) is 309 Å². The number of ether oxygens (including phenoxy) is 6. The van der Waals surface area contributed by atoms with Gasteiger partial charge in [-0.3, -0.25) is 4.79 Å². The van der Waals surface area contributed by atoms with Crippen LogP contribution in [0.5, 0.6) is 0 Å². The van der Waals surface area contributed by atoms with Crippen molar-refractivity contribution in [3.63, 3.8) is 0 Å². The maximum Gasteiger partial charge on any atom is 0.220 e. The first-order chi connectivity index (χ1) is 50.3. The van der Waals surface area contributed by atoms with Gasteiger partial charge in [-0.15, -0.1) is 0 Å². The lowest BCUT2D eigenvalue weighted by Crippen LogP contribution is -2.66. The molecule has 598 valence electrons. The molecule has 3 heterocycles. The fraction of sp³-hybridized carbons (Fsp3) is 0.821. The number of aliphatic hydroxyl groups excluding tert-OH is 11. The fourth-order valence-electron chi connectivity index (χ4n) is 13.6. The second kappa shape index (κ2) is 63.9. The highest BCUT2D eigenvalue weighted by Gasteiger charge is 2.54. The van der Waals surface area contributed by atoms with Crippen LogP contribution in [0.4, 0.5) is 0 Å². The molecule has 103 heavy (non-hydrogen) atoms. The van der Waals surface area contributed by atoms with Crippen LogP contribution in [-0.4, -0.2) is 193 Å². The number of rotatable bonds is 65. The van der Waals surface area contributed by atoms with Crippen molar-refractivity contribution >= 4 is 5.91 Å². The zero-order valence-corrected chi connectivity index (χ0v) is 64.0. The summed E-state index contributed by atoms with van der Waals surface area (Å²) in [5.41, 5.74) is 0. The number of hydrogen-bond acceptors (Lipinski definition) is 18. The average molecular weight is 1460 g/mol. The molecular weight excluding hydrogens is 1310 g/mol. The molecule has 0 radical (unpaired) electrons. The Balaban J connectivity index is 1.35. The molecule has 0 bridgehead atoms. The number of aliphatic hydroxyl groups is 11. The van der Waals surface area contributed by atoms with Gasteiger partial charge in [-0.05, 0) is 77.0 Å². The molecule has 0 spiro atoms. The highest BCUT2D eigenvalue weighted by Crippen LogP contribution is 2.33. The van der Waals surface area contributed by atoms with E-state index in [4.69, 9.17) is 28.4 Å². The Morgan fingerprint density at radius 2 is 0.680 bits per heavy atom. The van der Waals surface area contributed by atoms with Crippen molar-refractivity contribution in [1.29, 1.82) is 0 Å². The van der Waals surface area contributed by atoms with Crippen molar-refractivity contribution in [2.45, 2.75) is 413 Å². The Kier molecular flexibility index (Phi) is 58.4. The minimum Gasteiger partial charge on any atom is -0.394 e. The summed E-state index contributed by atoms with van der Waals surface area (Å²) in [5, 5.41) is 121. The predicted octanol–water partition coefficient (Wildman–Crippen LogP) is 14.2. The number of nitrogens with one attached hydrogen (secondary N) is 1. The molecule has 0 aromatic heterocycles. The molecule has 1 amide bonds. The summed E-state index contributed by atoms with van der Waals surface area (Å²) in [5.74, 6) is -0.283. The maximum atomic E-state index is 13.5. The summed E-state index contributed by atoms with van der Waals surface area (Å²) >= 11 is 0. The second-order valence-electron chi connectivity index (χ2n) is 29.2. The molecule has 19 nitrogen and oxygen atoms in total. The summed E-state index contributed by atoms with van der Waals surface area (Å²) in [7, 11) is 0.